The quantitative estimate of drug-likeness (QED) is 0.211. The number of hydrogen-bond donors (Lipinski definition) is 3. The van der Waals surface area contributed by atoms with Gasteiger partial charge in [-0.3, -0.25) is 0 Å². The first-order valence-corrected chi connectivity index (χ1v) is 9.94. The molecule has 0 atom stereocenters. The third kappa shape index (κ3) is 9.47. The maximum atomic E-state index is 11.7. The van der Waals surface area contributed by atoms with Crippen LogP contribution in [0.1, 0.15) is 39.7 Å². The zero-order valence-corrected chi connectivity index (χ0v) is 20.5. The SMILES string of the molecule is CCNC(=NCc1ccccc1-n1ccnc1)NCCCNC(=O)OC(C)(C)C.I. The number of imidazole rings is 1. The number of rotatable bonds is 8. The molecule has 0 aliphatic carbocycles. The number of guanidine groups is 1. The smallest absolute Gasteiger partial charge is 0.407 e. The van der Waals surface area contributed by atoms with Gasteiger partial charge in [0, 0.05) is 32.0 Å². The molecule has 0 radical (unpaired) electrons. The number of nitrogens with zero attached hydrogens (tertiary/aromatic N) is 3. The van der Waals surface area contributed by atoms with Crippen LogP contribution < -0.4 is 16.0 Å². The van der Waals surface area contributed by atoms with Crippen LogP contribution in [0.3, 0.4) is 0 Å². The van der Waals surface area contributed by atoms with Crippen LogP contribution in [0, 0.1) is 0 Å². The summed E-state index contributed by atoms with van der Waals surface area (Å²) in [5.41, 5.74) is 1.68. The molecule has 0 aliphatic rings. The Morgan fingerprint density at radius 3 is 2.57 bits per heavy atom. The Morgan fingerprint density at radius 2 is 1.90 bits per heavy atom. The molecule has 0 bridgehead atoms. The van der Waals surface area contributed by atoms with Gasteiger partial charge < -0.3 is 25.3 Å². The summed E-state index contributed by atoms with van der Waals surface area (Å²) >= 11 is 0. The average Bonchev–Trinajstić information content (AvgIpc) is 3.19. The number of halogens is 1. The maximum absolute atomic E-state index is 11.7. The minimum atomic E-state index is -0.486. The normalized spacial score (nSPS) is 11.4. The van der Waals surface area contributed by atoms with Crippen molar-refractivity contribution in [3.8, 4) is 5.69 Å². The van der Waals surface area contributed by atoms with Gasteiger partial charge in [-0.2, -0.15) is 0 Å². The summed E-state index contributed by atoms with van der Waals surface area (Å²) in [6, 6.07) is 8.13. The van der Waals surface area contributed by atoms with Crippen LogP contribution >= 0.6 is 24.0 Å². The summed E-state index contributed by atoms with van der Waals surface area (Å²) in [5, 5.41) is 9.30. The third-order valence-corrected chi connectivity index (χ3v) is 3.84. The molecule has 1 heterocycles. The van der Waals surface area contributed by atoms with Crippen LogP contribution in [0.5, 0.6) is 0 Å². The van der Waals surface area contributed by atoms with E-state index < -0.39 is 11.7 Å². The largest absolute Gasteiger partial charge is 0.444 e. The van der Waals surface area contributed by atoms with E-state index in [9.17, 15) is 4.79 Å². The predicted octanol–water partition coefficient (Wildman–Crippen LogP) is 3.46. The van der Waals surface area contributed by atoms with Crippen LogP contribution in [0.25, 0.3) is 5.69 Å². The van der Waals surface area contributed by atoms with E-state index >= 15 is 0 Å². The lowest BCUT2D eigenvalue weighted by Gasteiger charge is -2.19. The molecule has 0 fully saturated rings. The van der Waals surface area contributed by atoms with Crippen molar-refractivity contribution in [2.24, 2.45) is 4.99 Å². The van der Waals surface area contributed by atoms with Gasteiger partial charge in [-0.15, -0.1) is 24.0 Å². The van der Waals surface area contributed by atoms with E-state index in [1.807, 2.05) is 50.6 Å². The minimum absolute atomic E-state index is 0. The molecule has 1 aromatic carbocycles. The number of benzene rings is 1. The lowest BCUT2D eigenvalue weighted by molar-refractivity contribution is 0.0527. The summed E-state index contributed by atoms with van der Waals surface area (Å²) in [6.45, 7) is 10.1. The van der Waals surface area contributed by atoms with E-state index in [0.717, 1.165) is 30.2 Å². The van der Waals surface area contributed by atoms with Crippen LogP contribution in [0.2, 0.25) is 0 Å². The molecular formula is C21H33IN6O2. The van der Waals surface area contributed by atoms with Crippen LogP contribution in [0.4, 0.5) is 4.79 Å². The molecule has 0 saturated carbocycles. The maximum Gasteiger partial charge on any atom is 0.407 e. The van der Waals surface area contributed by atoms with E-state index in [1.54, 1.807) is 12.5 Å². The second-order valence-corrected chi connectivity index (χ2v) is 7.50. The van der Waals surface area contributed by atoms with Crippen LogP contribution in [-0.4, -0.2) is 46.8 Å². The van der Waals surface area contributed by atoms with Crippen molar-refractivity contribution >= 4 is 36.0 Å². The molecule has 1 amide bonds. The van der Waals surface area contributed by atoms with Crippen molar-refractivity contribution < 1.29 is 9.53 Å². The van der Waals surface area contributed by atoms with E-state index in [4.69, 9.17) is 4.74 Å². The molecule has 0 saturated heterocycles. The highest BCUT2D eigenvalue weighted by Crippen LogP contribution is 2.15. The zero-order chi connectivity index (χ0) is 21.1. The Kier molecular flexibility index (Phi) is 11.2. The van der Waals surface area contributed by atoms with Gasteiger partial charge >= 0.3 is 6.09 Å². The molecule has 1 aromatic heterocycles. The molecule has 2 rings (SSSR count). The first-order chi connectivity index (χ1) is 13.9. The molecule has 166 valence electrons. The molecule has 0 unspecified atom stereocenters. The lowest BCUT2D eigenvalue weighted by atomic mass is 10.2. The summed E-state index contributed by atoms with van der Waals surface area (Å²) in [4.78, 5) is 20.5. The topological polar surface area (TPSA) is 92.6 Å². The van der Waals surface area contributed by atoms with Crippen molar-refractivity contribution in [2.75, 3.05) is 19.6 Å². The Morgan fingerprint density at radius 1 is 1.17 bits per heavy atom. The fraction of sp³-hybridized carbons (Fsp3) is 0.476. The summed E-state index contributed by atoms with van der Waals surface area (Å²) in [6.07, 6.45) is 5.83. The summed E-state index contributed by atoms with van der Waals surface area (Å²) < 4.78 is 7.20. The zero-order valence-electron chi connectivity index (χ0n) is 18.1. The van der Waals surface area contributed by atoms with Crippen LogP contribution in [-0.2, 0) is 11.3 Å². The molecule has 2 aromatic rings. The van der Waals surface area contributed by atoms with Gasteiger partial charge in [0.1, 0.15) is 5.60 Å². The highest BCUT2D eigenvalue weighted by molar-refractivity contribution is 14.0. The Balaban J connectivity index is 0.00000450. The van der Waals surface area contributed by atoms with Gasteiger partial charge in [0.05, 0.1) is 18.6 Å². The van der Waals surface area contributed by atoms with E-state index in [0.29, 0.717) is 19.6 Å². The number of ether oxygens (including phenoxy) is 1. The standard InChI is InChI=1S/C21H32N6O2.HI/c1-5-23-19(24-11-8-12-25-20(28)29-21(2,3)4)26-15-17-9-6-7-10-18(17)27-14-13-22-16-27;/h6-7,9-10,13-14,16H,5,8,11-12,15H2,1-4H3,(H,25,28)(H2,23,24,26);1H. The number of carbonyl (C=O) groups excluding carboxylic acids is 1. The summed E-state index contributed by atoms with van der Waals surface area (Å²) in [7, 11) is 0. The number of aromatic nitrogens is 2. The monoisotopic (exact) mass is 528 g/mol. The Hall–Kier alpha value is -2.30. The first kappa shape index (κ1) is 25.7. The van der Waals surface area contributed by atoms with Gasteiger partial charge in [-0.25, -0.2) is 14.8 Å². The second-order valence-electron chi connectivity index (χ2n) is 7.50. The number of nitrogens with one attached hydrogen (secondary N) is 3. The molecule has 8 nitrogen and oxygen atoms in total. The predicted molar refractivity (Wildman–Crippen MR) is 131 cm³/mol. The van der Waals surface area contributed by atoms with Crippen molar-refractivity contribution in [1.82, 2.24) is 25.5 Å². The van der Waals surface area contributed by atoms with Crippen molar-refractivity contribution in [2.45, 2.75) is 46.3 Å². The number of alkyl carbamates (subject to hydrolysis) is 1. The highest BCUT2D eigenvalue weighted by atomic mass is 127. The molecule has 0 aliphatic heterocycles. The first-order valence-electron chi connectivity index (χ1n) is 9.94. The molecular weight excluding hydrogens is 495 g/mol. The summed E-state index contributed by atoms with van der Waals surface area (Å²) in [5.74, 6) is 0.741. The number of para-hydroxylation sites is 1. The number of amides is 1. The number of carbonyl (C=O) groups is 1. The number of aliphatic imine (C=N–C) groups is 1. The van der Waals surface area contributed by atoms with E-state index in [1.165, 1.54) is 0 Å². The van der Waals surface area contributed by atoms with Crippen molar-refractivity contribution in [3.63, 3.8) is 0 Å². The fourth-order valence-corrected chi connectivity index (χ4v) is 2.60. The van der Waals surface area contributed by atoms with Crippen molar-refractivity contribution in [1.29, 1.82) is 0 Å². The molecule has 9 heteroatoms. The van der Waals surface area contributed by atoms with Crippen molar-refractivity contribution in [3.05, 3.63) is 48.5 Å². The minimum Gasteiger partial charge on any atom is -0.444 e. The second kappa shape index (κ2) is 13.1. The van der Waals surface area contributed by atoms with E-state index in [2.05, 4.69) is 38.1 Å². The van der Waals surface area contributed by atoms with Gasteiger partial charge in [0.2, 0.25) is 0 Å². The van der Waals surface area contributed by atoms with Gasteiger partial charge in [0.25, 0.3) is 0 Å². The van der Waals surface area contributed by atoms with Gasteiger partial charge in [0.15, 0.2) is 5.96 Å². The molecule has 0 spiro atoms. The fourth-order valence-electron chi connectivity index (χ4n) is 2.60. The van der Waals surface area contributed by atoms with Gasteiger partial charge in [-0.1, -0.05) is 18.2 Å². The Labute approximate surface area is 195 Å². The average molecular weight is 528 g/mol. The van der Waals surface area contributed by atoms with Gasteiger partial charge in [-0.05, 0) is 45.7 Å². The highest BCUT2D eigenvalue weighted by Gasteiger charge is 2.15. The van der Waals surface area contributed by atoms with E-state index in [-0.39, 0.29) is 24.0 Å². The lowest BCUT2D eigenvalue weighted by Crippen LogP contribution is -2.39. The Bertz CT molecular complexity index is 787. The van der Waals surface area contributed by atoms with Crippen LogP contribution in [0.15, 0.2) is 48.0 Å². The molecule has 30 heavy (non-hydrogen) atoms. The number of hydrogen-bond acceptors (Lipinski definition) is 4. The molecule has 3 N–H and O–H groups in total. The third-order valence-electron chi connectivity index (χ3n) is 3.84.